The van der Waals surface area contributed by atoms with Gasteiger partial charge in [0.15, 0.2) is 0 Å². The molecule has 5 nitrogen and oxygen atoms in total. The Bertz CT molecular complexity index is 570. The van der Waals surface area contributed by atoms with Crippen LogP contribution >= 0.6 is 0 Å². The van der Waals surface area contributed by atoms with E-state index < -0.39 is 10.1 Å². The minimum Gasteiger partial charge on any atom is -0.378 e. The summed E-state index contributed by atoms with van der Waals surface area (Å²) in [5, 5.41) is 3.42. The molecule has 0 radical (unpaired) electrons. The maximum absolute atomic E-state index is 10.8. The molecular weight excluding hydrogens is 276 g/mol. The van der Waals surface area contributed by atoms with Crippen LogP contribution in [0.25, 0.3) is 0 Å². The zero-order valence-corrected chi connectivity index (χ0v) is 12.8. The molecule has 1 heterocycles. The predicted molar refractivity (Wildman–Crippen MR) is 80.9 cm³/mol. The molecule has 0 saturated heterocycles. The average molecular weight is 298 g/mol. The first kappa shape index (κ1) is 15.3. The summed E-state index contributed by atoms with van der Waals surface area (Å²) in [6.45, 7) is 0.903. The van der Waals surface area contributed by atoms with Crippen LogP contribution in [0.4, 0.5) is 5.69 Å². The first-order valence-corrected chi connectivity index (χ1v) is 8.46. The minimum atomic E-state index is -3.85. The lowest BCUT2D eigenvalue weighted by atomic mass is 9.91. The van der Waals surface area contributed by atoms with E-state index in [0.29, 0.717) is 12.8 Å². The fourth-order valence-corrected chi connectivity index (χ4v) is 3.18. The van der Waals surface area contributed by atoms with E-state index in [1.807, 2.05) is 14.1 Å². The molecule has 1 atom stereocenters. The Hall–Kier alpha value is -1.11. The number of benzene rings is 1. The van der Waals surface area contributed by atoms with Gasteiger partial charge in [-0.2, -0.15) is 8.42 Å². The molecule has 1 aromatic rings. The third-order valence-electron chi connectivity index (χ3n) is 3.70. The second kappa shape index (κ2) is 6.11. The summed E-state index contributed by atoms with van der Waals surface area (Å²) in [6.07, 6.45) is 2.17. The van der Waals surface area contributed by atoms with Crippen LogP contribution in [0.1, 0.15) is 30.0 Å². The number of nitrogens with zero attached hydrogens (tertiary/aromatic N) is 1. The minimum absolute atomic E-state index is 0.170. The molecule has 0 fully saturated rings. The molecule has 1 aromatic carbocycles. The zero-order chi connectivity index (χ0) is 14.8. The highest BCUT2D eigenvalue weighted by Crippen LogP contribution is 2.29. The van der Waals surface area contributed by atoms with Gasteiger partial charge in [-0.15, -0.1) is 0 Å². The zero-order valence-electron chi connectivity index (χ0n) is 12.0. The van der Waals surface area contributed by atoms with Crippen LogP contribution in [-0.4, -0.2) is 39.4 Å². The van der Waals surface area contributed by atoms with Crippen molar-refractivity contribution < 1.29 is 13.0 Å². The molecule has 1 aliphatic rings. The molecule has 6 heteroatoms. The standard InChI is InChI=1S/C14H22N2O3S/c1-16(2)12-5-6-13-11(10-12)7-8-15-14(13)4-3-9-20(17,18)19/h5-6,10,14-15H,3-4,7-9H2,1-2H3,(H,17,18,19). The van der Waals surface area contributed by atoms with Crippen molar-refractivity contribution in [2.45, 2.75) is 25.3 Å². The summed E-state index contributed by atoms with van der Waals surface area (Å²) in [5.41, 5.74) is 3.76. The lowest BCUT2D eigenvalue weighted by Gasteiger charge is -2.28. The number of hydrogen-bond donors (Lipinski definition) is 2. The Morgan fingerprint density at radius 1 is 1.40 bits per heavy atom. The summed E-state index contributed by atoms with van der Waals surface area (Å²) >= 11 is 0. The van der Waals surface area contributed by atoms with Gasteiger partial charge < -0.3 is 10.2 Å². The number of hydrogen-bond acceptors (Lipinski definition) is 4. The number of nitrogens with one attached hydrogen (secondary N) is 1. The highest BCUT2D eigenvalue weighted by Gasteiger charge is 2.20. The highest BCUT2D eigenvalue weighted by atomic mass is 32.2. The maximum atomic E-state index is 10.8. The van der Waals surface area contributed by atoms with E-state index in [9.17, 15) is 8.42 Å². The SMILES string of the molecule is CN(C)c1ccc2c(c1)CCNC2CCCS(=O)(=O)O. The summed E-state index contributed by atoms with van der Waals surface area (Å²) in [4.78, 5) is 2.08. The molecular formula is C14H22N2O3S. The van der Waals surface area contributed by atoms with E-state index >= 15 is 0 Å². The summed E-state index contributed by atoms with van der Waals surface area (Å²) in [5.74, 6) is -0.170. The van der Waals surface area contributed by atoms with E-state index in [2.05, 4.69) is 28.4 Å². The molecule has 1 unspecified atom stereocenters. The molecule has 2 N–H and O–H groups in total. The van der Waals surface area contributed by atoms with Gasteiger partial charge in [0.25, 0.3) is 10.1 Å². The third-order valence-corrected chi connectivity index (χ3v) is 4.50. The third kappa shape index (κ3) is 3.94. The van der Waals surface area contributed by atoms with Crippen molar-refractivity contribution in [3.05, 3.63) is 29.3 Å². The molecule has 112 valence electrons. The Morgan fingerprint density at radius 3 is 2.80 bits per heavy atom. The monoisotopic (exact) mass is 298 g/mol. The lowest BCUT2D eigenvalue weighted by Crippen LogP contribution is -2.30. The quantitative estimate of drug-likeness (QED) is 0.808. The van der Waals surface area contributed by atoms with Gasteiger partial charge >= 0.3 is 0 Å². The summed E-state index contributed by atoms with van der Waals surface area (Å²) < 4.78 is 30.3. The average Bonchev–Trinajstić information content (AvgIpc) is 2.36. The Labute approximate surface area is 120 Å². The van der Waals surface area contributed by atoms with Gasteiger partial charge in [-0.25, -0.2) is 0 Å². The van der Waals surface area contributed by atoms with Crippen LogP contribution in [0, 0.1) is 0 Å². The van der Waals surface area contributed by atoms with Gasteiger partial charge in [-0.1, -0.05) is 6.07 Å². The molecule has 0 spiro atoms. The van der Waals surface area contributed by atoms with Gasteiger partial charge in [0.2, 0.25) is 0 Å². The van der Waals surface area contributed by atoms with Gasteiger partial charge in [0.1, 0.15) is 0 Å². The van der Waals surface area contributed by atoms with E-state index in [1.165, 1.54) is 16.8 Å². The largest absolute Gasteiger partial charge is 0.378 e. The molecule has 1 aliphatic heterocycles. The molecule has 0 aromatic heterocycles. The lowest BCUT2D eigenvalue weighted by molar-refractivity contribution is 0.455. The normalized spacial score (nSPS) is 18.6. The van der Waals surface area contributed by atoms with Crippen molar-refractivity contribution in [3.63, 3.8) is 0 Å². The number of fused-ring (bicyclic) bond motifs is 1. The van der Waals surface area contributed by atoms with Crippen LogP contribution in [0.3, 0.4) is 0 Å². The van der Waals surface area contributed by atoms with E-state index in [1.54, 1.807) is 0 Å². The van der Waals surface area contributed by atoms with Gasteiger partial charge in [-0.05, 0) is 49.1 Å². The number of anilines is 1. The Kier molecular flexibility index (Phi) is 4.67. The topological polar surface area (TPSA) is 69.6 Å². The molecule has 0 bridgehead atoms. The Morgan fingerprint density at radius 2 is 2.15 bits per heavy atom. The second-order valence-corrected chi connectivity index (χ2v) is 7.03. The van der Waals surface area contributed by atoms with Crippen molar-refractivity contribution in [2.75, 3.05) is 31.3 Å². The van der Waals surface area contributed by atoms with Crippen LogP contribution in [0.15, 0.2) is 18.2 Å². The van der Waals surface area contributed by atoms with Crippen LogP contribution in [-0.2, 0) is 16.5 Å². The van der Waals surface area contributed by atoms with Crippen LogP contribution in [0.5, 0.6) is 0 Å². The van der Waals surface area contributed by atoms with E-state index in [-0.39, 0.29) is 11.8 Å². The molecule has 20 heavy (non-hydrogen) atoms. The van der Waals surface area contributed by atoms with E-state index in [0.717, 1.165) is 13.0 Å². The van der Waals surface area contributed by atoms with Crippen LogP contribution in [0.2, 0.25) is 0 Å². The van der Waals surface area contributed by atoms with Gasteiger partial charge in [0.05, 0.1) is 5.75 Å². The smallest absolute Gasteiger partial charge is 0.264 e. The molecule has 0 amide bonds. The van der Waals surface area contributed by atoms with Crippen molar-refractivity contribution in [2.24, 2.45) is 0 Å². The fraction of sp³-hybridized carbons (Fsp3) is 0.571. The van der Waals surface area contributed by atoms with Crippen molar-refractivity contribution in [1.82, 2.24) is 5.32 Å². The molecule has 0 aliphatic carbocycles. The van der Waals surface area contributed by atoms with Gasteiger partial charge in [0, 0.05) is 25.8 Å². The van der Waals surface area contributed by atoms with Crippen molar-refractivity contribution in [3.8, 4) is 0 Å². The first-order valence-electron chi connectivity index (χ1n) is 6.85. The fourth-order valence-electron chi connectivity index (χ4n) is 2.65. The van der Waals surface area contributed by atoms with Gasteiger partial charge in [-0.3, -0.25) is 4.55 Å². The molecule has 0 saturated carbocycles. The summed E-state index contributed by atoms with van der Waals surface area (Å²) in [6, 6.07) is 6.58. The van der Waals surface area contributed by atoms with Crippen molar-refractivity contribution >= 4 is 15.8 Å². The molecule has 2 rings (SSSR count). The highest BCUT2D eigenvalue weighted by molar-refractivity contribution is 7.85. The first-order chi connectivity index (χ1) is 9.37. The maximum Gasteiger partial charge on any atom is 0.264 e. The summed E-state index contributed by atoms with van der Waals surface area (Å²) in [7, 11) is 0.186. The Balaban J connectivity index is 2.08. The van der Waals surface area contributed by atoms with E-state index in [4.69, 9.17) is 4.55 Å². The second-order valence-electron chi connectivity index (χ2n) is 5.46. The predicted octanol–water partition coefficient (Wildman–Crippen LogP) is 1.61. The van der Waals surface area contributed by atoms with Crippen LogP contribution < -0.4 is 10.2 Å². The number of rotatable bonds is 5. The van der Waals surface area contributed by atoms with Crippen molar-refractivity contribution in [1.29, 1.82) is 0 Å².